The third kappa shape index (κ3) is 3.83. The molecule has 2 aromatic heterocycles. The van der Waals surface area contributed by atoms with Gasteiger partial charge in [-0.05, 0) is 67.1 Å². The van der Waals surface area contributed by atoms with Gasteiger partial charge in [-0.15, -0.1) is 0 Å². The van der Waals surface area contributed by atoms with Gasteiger partial charge in [0.2, 0.25) is 0 Å². The summed E-state index contributed by atoms with van der Waals surface area (Å²) >= 11 is 12.7. The second-order valence-electron chi connectivity index (χ2n) is 11.8. The highest BCUT2D eigenvalue weighted by atomic mass is 35.5. The number of ketones is 1. The van der Waals surface area contributed by atoms with Crippen molar-refractivity contribution in [2.45, 2.75) is 51.2 Å². The normalized spacial score (nSPS) is 20.0. The van der Waals surface area contributed by atoms with E-state index in [1.54, 1.807) is 12.1 Å². The molecule has 2 N–H and O–H groups in total. The number of para-hydroxylation sites is 2. The number of hydrogen-bond donors (Lipinski definition) is 2. The zero-order valence-corrected chi connectivity index (χ0v) is 25.0. The van der Waals surface area contributed by atoms with Crippen molar-refractivity contribution in [3.63, 3.8) is 0 Å². The lowest BCUT2D eigenvalue weighted by Gasteiger charge is -2.54. The fourth-order valence-electron chi connectivity index (χ4n) is 7.66. The largest absolute Gasteiger partial charge is 0.357 e. The number of carbonyl (C=O) groups is 1. The van der Waals surface area contributed by atoms with Crippen LogP contribution in [0.4, 0.5) is 0 Å². The summed E-state index contributed by atoms with van der Waals surface area (Å²) in [5.41, 5.74) is 10.0. The van der Waals surface area contributed by atoms with Crippen molar-refractivity contribution in [3.8, 4) is 0 Å². The Morgan fingerprint density at radius 1 is 0.857 bits per heavy atom. The van der Waals surface area contributed by atoms with E-state index < -0.39 is 0 Å². The molecule has 7 heteroatoms. The summed E-state index contributed by atoms with van der Waals surface area (Å²) in [5, 5.41) is 3.42. The number of aromatic amines is 2. The zero-order valence-electron chi connectivity index (χ0n) is 23.5. The fraction of sp³-hybridized carbons (Fsp3) is 0.286. The van der Waals surface area contributed by atoms with Gasteiger partial charge in [-0.25, -0.2) is 0 Å². The maximum atomic E-state index is 14.7. The number of aromatic nitrogens is 2. The van der Waals surface area contributed by atoms with Crippen LogP contribution < -0.4 is 0 Å². The molecular weight excluding hydrogens is 563 g/mol. The number of Topliss-reactive ketones (excluding diaryl/α,β-unsaturated/α-hetero) is 1. The maximum absolute atomic E-state index is 14.7. The molecule has 5 heterocycles. The number of nitrogens with zero attached hydrogens (tertiary/aromatic N) is 2. The Morgan fingerprint density at radius 3 is 2.24 bits per heavy atom. The fourth-order valence-corrected chi connectivity index (χ4v) is 7.96. The minimum atomic E-state index is -0.200. The Bertz CT molecular complexity index is 1920. The molecule has 3 aromatic carbocycles. The summed E-state index contributed by atoms with van der Waals surface area (Å²) in [6, 6.07) is 22.3. The molecule has 5 nitrogen and oxygen atoms in total. The average molecular weight is 596 g/mol. The number of fused-ring (bicyclic) bond motifs is 11. The Kier molecular flexibility index (Phi) is 6.25. The summed E-state index contributed by atoms with van der Waals surface area (Å²) < 4.78 is 0. The van der Waals surface area contributed by atoms with Gasteiger partial charge in [-0.2, -0.15) is 0 Å². The number of H-pyrrole nitrogens is 2. The van der Waals surface area contributed by atoms with E-state index in [2.05, 4.69) is 75.2 Å². The van der Waals surface area contributed by atoms with Crippen molar-refractivity contribution >= 4 is 50.8 Å². The molecule has 0 unspecified atom stereocenters. The van der Waals surface area contributed by atoms with Crippen LogP contribution in [0.25, 0.3) is 21.8 Å². The quantitative estimate of drug-likeness (QED) is 0.200. The van der Waals surface area contributed by atoms with Crippen LogP contribution in [-0.4, -0.2) is 38.6 Å². The Balaban J connectivity index is 1.39. The van der Waals surface area contributed by atoms with Crippen LogP contribution in [0.5, 0.6) is 0 Å². The molecule has 0 fully saturated rings. The van der Waals surface area contributed by atoms with Gasteiger partial charge in [0.05, 0.1) is 21.8 Å². The minimum absolute atomic E-state index is 0.0297. The number of hydrogen-bond acceptors (Lipinski definition) is 3. The van der Waals surface area contributed by atoms with E-state index in [0.717, 1.165) is 67.7 Å². The predicted molar refractivity (Wildman–Crippen MR) is 170 cm³/mol. The van der Waals surface area contributed by atoms with Crippen molar-refractivity contribution in [1.82, 2.24) is 19.8 Å². The molecule has 0 saturated heterocycles. The third-order valence-electron chi connectivity index (χ3n) is 9.51. The highest BCUT2D eigenvalue weighted by molar-refractivity contribution is 6.42. The van der Waals surface area contributed by atoms with Gasteiger partial charge in [-0.1, -0.05) is 72.9 Å². The standard InChI is InChI=1S/C35H32Cl2N4O/c1-2-3-12-29-30(34(42)20-13-14-25(36)26(37)19-20)33-31-23(21-8-4-6-10-27(21)38-31)16-18-41(33)35-32-24(15-17-40(29)35)22-9-5-7-11-28(22)39-32/h4-11,13-14,19,33,35,38-39H,2-3,12,15-18H2,1H3/t33-,35-/m1/s1. The second kappa shape index (κ2) is 10.0. The molecule has 5 aromatic rings. The molecule has 0 amide bonds. The highest BCUT2D eigenvalue weighted by Gasteiger charge is 2.49. The summed E-state index contributed by atoms with van der Waals surface area (Å²) in [4.78, 5) is 27.5. The van der Waals surface area contributed by atoms with E-state index in [1.807, 2.05) is 6.07 Å². The van der Waals surface area contributed by atoms with Crippen molar-refractivity contribution in [2.75, 3.05) is 13.1 Å². The molecular formula is C35H32Cl2N4O. The molecule has 212 valence electrons. The number of allylic oxidation sites excluding steroid dienone is 1. The van der Waals surface area contributed by atoms with E-state index in [1.165, 1.54) is 33.1 Å². The topological polar surface area (TPSA) is 55.1 Å². The summed E-state index contributed by atoms with van der Waals surface area (Å²) in [5.74, 6) is 0.0297. The van der Waals surface area contributed by atoms with Gasteiger partial charge >= 0.3 is 0 Å². The second-order valence-corrected chi connectivity index (χ2v) is 12.6. The summed E-state index contributed by atoms with van der Waals surface area (Å²) in [6.07, 6.45) is 4.82. The maximum Gasteiger partial charge on any atom is 0.192 e. The molecule has 8 rings (SSSR count). The first-order chi connectivity index (χ1) is 20.5. The number of carbonyl (C=O) groups excluding carboxylic acids is 1. The van der Waals surface area contributed by atoms with Gasteiger partial charge in [-0.3, -0.25) is 9.69 Å². The Labute approximate surface area is 255 Å². The molecule has 0 radical (unpaired) electrons. The molecule has 0 aliphatic carbocycles. The molecule has 3 aliphatic heterocycles. The van der Waals surface area contributed by atoms with Gasteiger partial charge in [0.15, 0.2) is 5.78 Å². The van der Waals surface area contributed by atoms with Crippen molar-refractivity contribution < 1.29 is 4.79 Å². The molecule has 0 spiro atoms. The Morgan fingerprint density at radius 2 is 1.52 bits per heavy atom. The first-order valence-corrected chi connectivity index (χ1v) is 15.7. The van der Waals surface area contributed by atoms with Crippen molar-refractivity contribution in [1.29, 1.82) is 0 Å². The first-order valence-electron chi connectivity index (χ1n) is 15.0. The average Bonchev–Trinajstić information content (AvgIpc) is 3.59. The number of unbranched alkanes of at least 4 members (excludes halogenated alkanes) is 1. The van der Waals surface area contributed by atoms with Crippen LogP contribution >= 0.6 is 23.2 Å². The highest BCUT2D eigenvalue weighted by Crippen LogP contribution is 2.52. The number of rotatable bonds is 5. The van der Waals surface area contributed by atoms with E-state index >= 15 is 0 Å². The zero-order chi connectivity index (χ0) is 28.5. The number of halogens is 2. The van der Waals surface area contributed by atoms with E-state index in [0.29, 0.717) is 15.6 Å². The number of nitrogens with one attached hydrogen (secondary N) is 2. The van der Waals surface area contributed by atoms with Crippen molar-refractivity contribution in [2.24, 2.45) is 0 Å². The number of benzene rings is 3. The lowest BCUT2D eigenvalue weighted by molar-refractivity contribution is 0.000623. The summed E-state index contributed by atoms with van der Waals surface area (Å²) in [7, 11) is 0. The molecule has 0 saturated carbocycles. The molecule has 0 bridgehead atoms. The van der Waals surface area contributed by atoms with E-state index in [4.69, 9.17) is 23.2 Å². The monoisotopic (exact) mass is 594 g/mol. The lowest BCUT2D eigenvalue weighted by Crippen LogP contribution is -2.54. The van der Waals surface area contributed by atoms with Crippen LogP contribution in [0.3, 0.4) is 0 Å². The van der Waals surface area contributed by atoms with Gasteiger partial charge in [0.25, 0.3) is 0 Å². The van der Waals surface area contributed by atoms with Crippen LogP contribution in [0.15, 0.2) is 78.0 Å². The van der Waals surface area contributed by atoms with E-state index in [9.17, 15) is 4.79 Å². The first kappa shape index (κ1) is 26.1. The van der Waals surface area contributed by atoms with Gasteiger partial charge in [0.1, 0.15) is 6.17 Å². The minimum Gasteiger partial charge on any atom is -0.357 e. The van der Waals surface area contributed by atoms with Crippen LogP contribution in [-0.2, 0) is 12.8 Å². The van der Waals surface area contributed by atoms with E-state index in [-0.39, 0.29) is 18.0 Å². The predicted octanol–water partition coefficient (Wildman–Crippen LogP) is 8.75. The third-order valence-corrected chi connectivity index (χ3v) is 10.3. The van der Waals surface area contributed by atoms with Gasteiger partial charge in [0, 0.05) is 57.4 Å². The summed E-state index contributed by atoms with van der Waals surface area (Å²) in [6.45, 7) is 3.95. The smallest absolute Gasteiger partial charge is 0.192 e. The van der Waals surface area contributed by atoms with Gasteiger partial charge < -0.3 is 14.9 Å². The van der Waals surface area contributed by atoms with Crippen LogP contribution in [0, 0.1) is 0 Å². The van der Waals surface area contributed by atoms with Crippen LogP contribution in [0.1, 0.15) is 71.3 Å². The lowest BCUT2D eigenvalue weighted by atomic mass is 9.81. The molecule has 42 heavy (non-hydrogen) atoms. The van der Waals surface area contributed by atoms with Crippen molar-refractivity contribution in [3.05, 3.63) is 116 Å². The SMILES string of the molecule is CCCCC1=C(C(=O)c2ccc(Cl)c(Cl)c2)[C@@H]2c3[nH]c4ccccc4c3CCN2[C@@H]2c3[nH]c4ccccc4c3CCN12. The molecule has 2 atom stereocenters. The molecule has 3 aliphatic rings. The van der Waals surface area contributed by atoms with Crippen LogP contribution in [0.2, 0.25) is 10.0 Å². The Hall–Kier alpha value is -3.51.